The van der Waals surface area contributed by atoms with Gasteiger partial charge in [-0.05, 0) is 6.92 Å². The summed E-state index contributed by atoms with van der Waals surface area (Å²) in [5.41, 5.74) is 0.248. The molecule has 0 saturated carbocycles. The Labute approximate surface area is 116 Å². The lowest BCUT2D eigenvalue weighted by Crippen LogP contribution is -2.59. The van der Waals surface area contributed by atoms with Crippen LogP contribution in [-0.4, -0.2) is 76.9 Å². The predicted octanol–water partition coefficient (Wildman–Crippen LogP) is -2.08. The zero-order valence-electron chi connectivity index (χ0n) is 11.1. The summed E-state index contributed by atoms with van der Waals surface area (Å²) in [6.45, 7) is 4.21. The van der Waals surface area contributed by atoms with Crippen molar-refractivity contribution in [1.29, 1.82) is 0 Å². The van der Waals surface area contributed by atoms with Crippen LogP contribution in [0.4, 0.5) is 0 Å². The van der Waals surface area contributed by atoms with E-state index < -0.39 is 43.3 Å². The third-order valence-corrected chi connectivity index (χ3v) is 2.80. The van der Waals surface area contributed by atoms with Crippen molar-refractivity contribution in [2.45, 2.75) is 37.6 Å². The number of ether oxygens (including phenoxy) is 3. The number of hydrogen-bond acceptors (Lipinski definition) is 8. The van der Waals surface area contributed by atoms with Gasteiger partial charge in [-0.25, -0.2) is 4.79 Å². The molecule has 0 bridgehead atoms. The fourth-order valence-electron chi connectivity index (χ4n) is 1.63. The van der Waals surface area contributed by atoms with Crippen molar-refractivity contribution >= 4 is 5.97 Å². The standard InChI is InChI=1S/C12H20O8/c1-6(2)11(17)18-3-4-19-12-10(16)9(15)8(14)7(5-13)20-12/h7-10,12-16H,1,3-5H2,2H3/t7-,8-,9+,10-,12?/m1/s1. The quantitative estimate of drug-likeness (QED) is 0.250. The lowest BCUT2D eigenvalue weighted by atomic mass is 9.99. The van der Waals surface area contributed by atoms with E-state index in [0.717, 1.165) is 0 Å². The summed E-state index contributed by atoms with van der Waals surface area (Å²) in [4.78, 5) is 11.1. The molecular weight excluding hydrogens is 272 g/mol. The molecule has 0 amide bonds. The predicted molar refractivity (Wildman–Crippen MR) is 65.5 cm³/mol. The molecule has 8 heteroatoms. The minimum absolute atomic E-state index is 0.0816. The maximum atomic E-state index is 11.1. The molecule has 1 heterocycles. The van der Waals surface area contributed by atoms with Crippen molar-refractivity contribution in [3.63, 3.8) is 0 Å². The molecule has 4 N–H and O–H groups in total. The molecule has 116 valence electrons. The second kappa shape index (κ2) is 7.67. The van der Waals surface area contributed by atoms with Gasteiger partial charge in [0.25, 0.3) is 0 Å². The van der Waals surface area contributed by atoms with Gasteiger partial charge in [-0.15, -0.1) is 0 Å². The van der Waals surface area contributed by atoms with E-state index in [0.29, 0.717) is 0 Å². The highest BCUT2D eigenvalue weighted by Crippen LogP contribution is 2.21. The summed E-state index contributed by atoms with van der Waals surface area (Å²) < 4.78 is 15.0. The first-order valence-electron chi connectivity index (χ1n) is 6.13. The van der Waals surface area contributed by atoms with E-state index in [1.165, 1.54) is 6.92 Å². The molecule has 0 radical (unpaired) electrons. The van der Waals surface area contributed by atoms with Crippen molar-refractivity contribution in [2.75, 3.05) is 19.8 Å². The van der Waals surface area contributed by atoms with Crippen molar-refractivity contribution in [1.82, 2.24) is 0 Å². The third kappa shape index (κ3) is 4.23. The molecule has 1 fully saturated rings. The molecule has 1 unspecified atom stereocenters. The maximum absolute atomic E-state index is 11.1. The second-order valence-corrected chi connectivity index (χ2v) is 4.48. The van der Waals surface area contributed by atoms with Crippen LogP contribution in [0.1, 0.15) is 6.92 Å². The van der Waals surface area contributed by atoms with E-state index in [1.54, 1.807) is 0 Å². The van der Waals surface area contributed by atoms with Gasteiger partial charge in [0.1, 0.15) is 31.0 Å². The van der Waals surface area contributed by atoms with Crippen LogP contribution in [0.15, 0.2) is 12.2 Å². The molecule has 1 saturated heterocycles. The van der Waals surface area contributed by atoms with E-state index in [-0.39, 0.29) is 18.8 Å². The summed E-state index contributed by atoms with van der Waals surface area (Å²) in [5, 5.41) is 37.7. The zero-order chi connectivity index (χ0) is 15.3. The van der Waals surface area contributed by atoms with E-state index in [1.807, 2.05) is 0 Å². The summed E-state index contributed by atoms with van der Waals surface area (Å²) in [6, 6.07) is 0. The van der Waals surface area contributed by atoms with Crippen LogP contribution in [0.2, 0.25) is 0 Å². The highest BCUT2D eigenvalue weighted by Gasteiger charge is 2.43. The molecular formula is C12H20O8. The number of aliphatic hydroxyl groups excluding tert-OH is 4. The Morgan fingerprint density at radius 1 is 1.20 bits per heavy atom. The Balaban J connectivity index is 2.39. The topological polar surface area (TPSA) is 126 Å². The molecule has 0 aromatic rings. The lowest BCUT2D eigenvalue weighted by molar-refractivity contribution is -0.302. The minimum atomic E-state index is -1.50. The fourth-order valence-corrected chi connectivity index (χ4v) is 1.63. The van der Waals surface area contributed by atoms with Crippen molar-refractivity contribution in [3.8, 4) is 0 Å². The van der Waals surface area contributed by atoms with Gasteiger partial charge >= 0.3 is 5.97 Å². The van der Waals surface area contributed by atoms with E-state index in [4.69, 9.17) is 19.3 Å². The van der Waals surface area contributed by atoms with Crippen LogP contribution in [0.25, 0.3) is 0 Å². The van der Waals surface area contributed by atoms with Crippen molar-refractivity contribution < 1.29 is 39.4 Å². The average Bonchev–Trinajstić information content (AvgIpc) is 2.42. The second-order valence-electron chi connectivity index (χ2n) is 4.48. The number of rotatable bonds is 6. The Morgan fingerprint density at radius 2 is 1.85 bits per heavy atom. The highest BCUT2D eigenvalue weighted by molar-refractivity contribution is 5.86. The van der Waals surface area contributed by atoms with Crippen LogP contribution < -0.4 is 0 Å². The average molecular weight is 292 g/mol. The van der Waals surface area contributed by atoms with E-state index in [2.05, 4.69) is 6.58 Å². The number of aliphatic hydroxyl groups is 4. The van der Waals surface area contributed by atoms with Crippen LogP contribution in [0.3, 0.4) is 0 Å². The number of carbonyl (C=O) groups is 1. The maximum Gasteiger partial charge on any atom is 0.333 e. The summed E-state index contributed by atoms with van der Waals surface area (Å²) in [5.74, 6) is -0.567. The van der Waals surface area contributed by atoms with Crippen LogP contribution in [0.5, 0.6) is 0 Å². The minimum Gasteiger partial charge on any atom is -0.460 e. The molecule has 8 nitrogen and oxygen atoms in total. The molecule has 0 aromatic heterocycles. The molecule has 5 atom stereocenters. The molecule has 20 heavy (non-hydrogen) atoms. The Bertz CT molecular complexity index is 342. The van der Waals surface area contributed by atoms with Crippen molar-refractivity contribution in [2.24, 2.45) is 0 Å². The van der Waals surface area contributed by atoms with Gasteiger partial charge in [0.15, 0.2) is 6.29 Å². The first kappa shape index (κ1) is 17.0. The van der Waals surface area contributed by atoms with Crippen LogP contribution >= 0.6 is 0 Å². The van der Waals surface area contributed by atoms with Crippen LogP contribution in [-0.2, 0) is 19.0 Å². The molecule has 0 aromatic carbocycles. The molecule has 1 aliphatic rings. The van der Waals surface area contributed by atoms with Gasteiger partial charge < -0.3 is 34.6 Å². The van der Waals surface area contributed by atoms with Gasteiger partial charge in [0.05, 0.1) is 13.2 Å². The molecule has 1 aliphatic heterocycles. The molecule has 0 spiro atoms. The number of hydrogen-bond donors (Lipinski definition) is 4. The summed E-state index contributed by atoms with van der Waals surface area (Å²) in [7, 11) is 0. The van der Waals surface area contributed by atoms with Crippen molar-refractivity contribution in [3.05, 3.63) is 12.2 Å². The smallest absolute Gasteiger partial charge is 0.333 e. The first-order valence-corrected chi connectivity index (χ1v) is 6.13. The van der Waals surface area contributed by atoms with E-state index in [9.17, 15) is 20.1 Å². The Hall–Kier alpha value is -1.03. The van der Waals surface area contributed by atoms with Gasteiger partial charge in [0, 0.05) is 5.57 Å². The van der Waals surface area contributed by atoms with Gasteiger partial charge in [0.2, 0.25) is 0 Å². The van der Waals surface area contributed by atoms with Crippen LogP contribution in [0, 0.1) is 0 Å². The van der Waals surface area contributed by atoms with Gasteiger partial charge in [-0.1, -0.05) is 6.58 Å². The number of esters is 1. The summed E-state index contributed by atoms with van der Waals surface area (Å²) >= 11 is 0. The summed E-state index contributed by atoms with van der Waals surface area (Å²) in [6.07, 6.45) is -6.66. The highest BCUT2D eigenvalue weighted by atomic mass is 16.7. The molecule has 0 aliphatic carbocycles. The SMILES string of the molecule is C=C(C)C(=O)OCCOC1O[C@H](CO)[C@@H](O)[C@H](O)[C@H]1O. The third-order valence-electron chi connectivity index (χ3n) is 2.80. The Kier molecular flexibility index (Phi) is 6.53. The monoisotopic (exact) mass is 292 g/mol. The van der Waals surface area contributed by atoms with Gasteiger partial charge in [-0.3, -0.25) is 0 Å². The first-order chi connectivity index (χ1) is 9.38. The molecule has 1 rings (SSSR count). The fraction of sp³-hybridized carbons (Fsp3) is 0.750. The van der Waals surface area contributed by atoms with Gasteiger partial charge in [-0.2, -0.15) is 0 Å². The number of carbonyl (C=O) groups excluding carboxylic acids is 1. The largest absolute Gasteiger partial charge is 0.460 e. The Morgan fingerprint density at radius 3 is 2.40 bits per heavy atom. The normalized spacial score (nSPS) is 33.8. The zero-order valence-corrected chi connectivity index (χ0v) is 11.1. The lowest BCUT2D eigenvalue weighted by Gasteiger charge is -2.39. The van der Waals surface area contributed by atoms with E-state index >= 15 is 0 Å².